The molecule has 4 rings (SSSR count). The van der Waals surface area contributed by atoms with Crippen LogP contribution in [0.25, 0.3) is 0 Å². The fourth-order valence-corrected chi connectivity index (χ4v) is 6.00. The first-order chi connectivity index (χ1) is 12.1. The highest BCUT2D eigenvalue weighted by atomic mass is 16.5. The van der Waals surface area contributed by atoms with Crippen LogP contribution in [0.2, 0.25) is 0 Å². The van der Waals surface area contributed by atoms with Crippen molar-refractivity contribution in [3.8, 4) is 0 Å². The summed E-state index contributed by atoms with van der Waals surface area (Å²) < 4.78 is 30.8. The highest BCUT2D eigenvalue weighted by Crippen LogP contribution is 2.64. The van der Waals surface area contributed by atoms with Crippen LogP contribution in [0.15, 0.2) is 23.5 Å². The average Bonchev–Trinajstić information content (AvgIpc) is 2.71. The molecule has 0 spiro atoms. The fourth-order valence-electron chi connectivity index (χ4n) is 6.00. The first-order valence-corrected chi connectivity index (χ1v) is 9.33. The molecule has 0 aromatic heterocycles. The van der Waals surface area contributed by atoms with E-state index in [1.165, 1.54) is 5.57 Å². The normalized spacial score (nSPS) is 56.0. The van der Waals surface area contributed by atoms with Crippen LogP contribution < -0.4 is 0 Å². The average molecular weight is 320 g/mol. The summed E-state index contributed by atoms with van der Waals surface area (Å²) in [6.07, 6.45) is 5.75. The molecule has 0 saturated heterocycles. The largest absolute Gasteiger partial charge is 0.498 e. The molecule has 0 radical (unpaired) electrons. The zero-order valence-electron chi connectivity index (χ0n) is 17.7. The maximum atomic E-state index is 10.8. The summed E-state index contributed by atoms with van der Waals surface area (Å²) in [5, 5.41) is 10.8. The Labute approximate surface area is 145 Å². The van der Waals surface area contributed by atoms with Crippen molar-refractivity contribution in [2.24, 2.45) is 28.6 Å². The van der Waals surface area contributed by atoms with E-state index in [1.54, 1.807) is 0 Å². The second kappa shape index (κ2) is 5.37. The standard InChI is InChI=1S/C21H32O2/c1-4-23-15-9-11-20(2)14(13-15)5-6-16-17-7-8-19(22)21(17,3)12-10-18(16)20/h5,13,16-19,22H,4,6-12H2,1-3H3/t16-,17-,18-,19?,20-,21-/m0/s1/i8D2,19D. The van der Waals surface area contributed by atoms with Crippen molar-refractivity contribution in [1.82, 2.24) is 0 Å². The maximum Gasteiger partial charge on any atom is 0.0962 e. The third-order valence-electron chi connectivity index (χ3n) is 7.48. The van der Waals surface area contributed by atoms with Gasteiger partial charge in [-0.1, -0.05) is 19.9 Å². The molecular formula is C21H32O2. The van der Waals surface area contributed by atoms with Gasteiger partial charge >= 0.3 is 0 Å². The Balaban J connectivity index is 1.70. The van der Waals surface area contributed by atoms with Crippen LogP contribution in [0.3, 0.4) is 0 Å². The quantitative estimate of drug-likeness (QED) is 0.789. The molecule has 2 saturated carbocycles. The first-order valence-electron chi connectivity index (χ1n) is 10.8. The second-order valence-electron chi connectivity index (χ2n) is 8.42. The molecule has 0 bridgehead atoms. The predicted molar refractivity (Wildman–Crippen MR) is 92.8 cm³/mol. The molecular weight excluding hydrogens is 284 g/mol. The van der Waals surface area contributed by atoms with E-state index in [0.717, 1.165) is 37.9 Å². The van der Waals surface area contributed by atoms with E-state index in [-0.39, 0.29) is 11.3 Å². The van der Waals surface area contributed by atoms with Gasteiger partial charge in [0.15, 0.2) is 0 Å². The number of hydrogen-bond donors (Lipinski definition) is 1. The second-order valence-corrected chi connectivity index (χ2v) is 8.42. The van der Waals surface area contributed by atoms with Gasteiger partial charge in [-0.2, -0.15) is 0 Å². The lowest BCUT2D eigenvalue weighted by molar-refractivity contribution is -0.0635. The molecule has 2 heteroatoms. The number of aliphatic hydroxyl groups is 1. The molecule has 2 fully saturated rings. The third kappa shape index (κ3) is 2.17. The number of ether oxygens (including phenoxy) is 1. The molecule has 0 aromatic carbocycles. The molecule has 0 amide bonds. The number of fused-ring (bicyclic) bond motifs is 5. The number of allylic oxidation sites excluding steroid dienone is 4. The lowest BCUT2D eigenvalue weighted by Gasteiger charge is -2.56. The monoisotopic (exact) mass is 319 g/mol. The van der Waals surface area contributed by atoms with E-state index in [1.807, 2.05) is 13.8 Å². The Morgan fingerprint density at radius 1 is 1.35 bits per heavy atom. The van der Waals surface area contributed by atoms with Gasteiger partial charge < -0.3 is 9.84 Å². The van der Waals surface area contributed by atoms with Crippen molar-refractivity contribution in [2.75, 3.05) is 6.61 Å². The molecule has 4 aliphatic rings. The van der Waals surface area contributed by atoms with E-state index in [4.69, 9.17) is 8.85 Å². The topological polar surface area (TPSA) is 29.5 Å². The Kier molecular flexibility index (Phi) is 2.94. The molecule has 1 N–H and O–H groups in total. The van der Waals surface area contributed by atoms with E-state index < -0.39 is 17.9 Å². The molecule has 1 unspecified atom stereocenters. The SMILES string of the molecule is [2H]C1([2H])C[C@H]2[C@@H]3CC=C4C=C(OCC)CC[C@]4(C)[C@H]3CC[C@]2(C)C1([2H])O. The minimum atomic E-state index is -1.99. The van der Waals surface area contributed by atoms with Crippen LogP contribution in [0.4, 0.5) is 0 Å². The molecule has 23 heavy (non-hydrogen) atoms. The van der Waals surface area contributed by atoms with Crippen LogP contribution in [0.1, 0.15) is 69.8 Å². The highest BCUT2D eigenvalue weighted by Gasteiger charge is 2.58. The minimum Gasteiger partial charge on any atom is -0.498 e. The van der Waals surface area contributed by atoms with E-state index in [9.17, 15) is 5.11 Å². The smallest absolute Gasteiger partial charge is 0.0962 e. The Hall–Kier alpha value is -0.760. The van der Waals surface area contributed by atoms with Gasteiger partial charge in [0.1, 0.15) is 0 Å². The zero-order valence-corrected chi connectivity index (χ0v) is 14.7. The molecule has 0 aliphatic heterocycles. The lowest BCUT2D eigenvalue weighted by Crippen LogP contribution is -2.50. The molecule has 2 nitrogen and oxygen atoms in total. The molecule has 128 valence electrons. The van der Waals surface area contributed by atoms with E-state index >= 15 is 0 Å². The van der Waals surface area contributed by atoms with Crippen molar-refractivity contribution in [1.29, 1.82) is 0 Å². The number of rotatable bonds is 2. The first kappa shape index (κ1) is 12.6. The van der Waals surface area contributed by atoms with Gasteiger partial charge in [-0.15, -0.1) is 0 Å². The molecule has 6 atom stereocenters. The summed E-state index contributed by atoms with van der Waals surface area (Å²) in [4.78, 5) is 0. The van der Waals surface area contributed by atoms with Gasteiger partial charge in [0, 0.05) is 9.16 Å². The van der Waals surface area contributed by atoms with Crippen LogP contribution in [0, 0.1) is 28.6 Å². The summed E-state index contributed by atoms with van der Waals surface area (Å²) in [5.41, 5.74) is 0.847. The van der Waals surface area contributed by atoms with Gasteiger partial charge in [0.05, 0.1) is 19.8 Å². The van der Waals surface area contributed by atoms with Crippen LogP contribution >= 0.6 is 0 Å². The Morgan fingerprint density at radius 2 is 2.17 bits per heavy atom. The van der Waals surface area contributed by atoms with Crippen LogP contribution in [-0.2, 0) is 4.74 Å². The molecule has 0 heterocycles. The lowest BCUT2D eigenvalue weighted by atomic mass is 9.48. The van der Waals surface area contributed by atoms with Gasteiger partial charge in [0.25, 0.3) is 0 Å². The summed E-state index contributed by atoms with van der Waals surface area (Å²) in [5.74, 6) is 2.03. The summed E-state index contributed by atoms with van der Waals surface area (Å²) in [6, 6.07) is 0. The van der Waals surface area contributed by atoms with Crippen LogP contribution in [0.5, 0.6) is 0 Å². The van der Waals surface area contributed by atoms with Gasteiger partial charge in [0.2, 0.25) is 0 Å². The molecule has 4 aliphatic carbocycles. The van der Waals surface area contributed by atoms with Crippen LogP contribution in [-0.4, -0.2) is 17.8 Å². The Morgan fingerprint density at radius 3 is 2.96 bits per heavy atom. The summed E-state index contributed by atoms with van der Waals surface area (Å²) in [6.45, 7) is 7.06. The highest BCUT2D eigenvalue weighted by molar-refractivity contribution is 5.35. The van der Waals surface area contributed by atoms with E-state index in [2.05, 4.69) is 19.1 Å². The Bertz CT molecular complexity index is 668. The number of hydrogen-bond acceptors (Lipinski definition) is 2. The van der Waals surface area contributed by atoms with Gasteiger partial charge in [-0.05, 0) is 85.6 Å². The third-order valence-corrected chi connectivity index (χ3v) is 7.48. The zero-order chi connectivity index (χ0) is 19.0. The van der Waals surface area contributed by atoms with Crippen molar-refractivity contribution in [3.05, 3.63) is 23.5 Å². The van der Waals surface area contributed by atoms with E-state index in [0.29, 0.717) is 24.9 Å². The fraction of sp³-hybridized carbons (Fsp3) is 0.810. The summed E-state index contributed by atoms with van der Waals surface area (Å²) >= 11 is 0. The minimum absolute atomic E-state index is 0.0747. The predicted octanol–water partition coefficient (Wildman–Crippen LogP) is 4.84. The van der Waals surface area contributed by atoms with Crippen molar-refractivity contribution in [3.63, 3.8) is 0 Å². The van der Waals surface area contributed by atoms with Gasteiger partial charge in [-0.3, -0.25) is 0 Å². The summed E-state index contributed by atoms with van der Waals surface area (Å²) in [7, 11) is 0. The maximum absolute atomic E-state index is 10.8. The molecule has 0 aromatic rings. The van der Waals surface area contributed by atoms with Crippen molar-refractivity contribution >= 4 is 0 Å². The van der Waals surface area contributed by atoms with Crippen molar-refractivity contribution < 1.29 is 14.0 Å². The van der Waals surface area contributed by atoms with Crippen molar-refractivity contribution in [2.45, 2.75) is 71.7 Å². The van der Waals surface area contributed by atoms with Gasteiger partial charge in [-0.25, -0.2) is 0 Å².